The minimum Gasteiger partial charge on any atom is -0.481 e. The van der Waals surface area contributed by atoms with E-state index in [0.717, 1.165) is 0 Å². The van der Waals surface area contributed by atoms with Crippen LogP contribution in [0, 0.1) is 0 Å². The summed E-state index contributed by atoms with van der Waals surface area (Å²) in [5, 5.41) is 16.6. The second-order valence-corrected chi connectivity index (χ2v) is 3.84. The van der Waals surface area contributed by atoms with Gasteiger partial charge in [-0.05, 0) is 13.8 Å². The first-order valence-electron chi connectivity index (χ1n) is 4.76. The highest BCUT2D eigenvalue weighted by molar-refractivity contribution is 5.69. The molecule has 0 saturated carbocycles. The fourth-order valence-electron chi connectivity index (χ4n) is 1.40. The molecule has 1 aromatic rings. The highest BCUT2D eigenvalue weighted by atomic mass is 16.4. The van der Waals surface area contributed by atoms with E-state index in [1.54, 1.807) is 0 Å². The van der Waals surface area contributed by atoms with Crippen LogP contribution in [0.2, 0.25) is 0 Å². The number of carbonyl (C=O) groups is 1. The molecule has 0 atom stereocenters. The molecule has 0 amide bonds. The van der Waals surface area contributed by atoms with Crippen LogP contribution in [0.1, 0.15) is 25.7 Å². The first-order valence-corrected chi connectivity index (χ1v) is 4.76. The summed E-state index contributed by atoms with van der Waals surface area (Å²) < 4.78 is 1.83. The molecule has 0 aliphatic heterocycles. The van der Waals surface area contributed by atoms with Gasteiger partial charge in [-0.15, -0.1) is 10.2 Å². The van der Waals surface area contributed by atoms with E-state index >= 15 is 0 Å². The summed E-state index contributed by atoms with van der Waals surface area (Å²) in [5.74, 6) is 0.275. The number of hydrogen-bond donors (Lipinski definition) is 1. The van der Waals surface area contributed by atoms with Crippen molar-refractivity contribution in [1.82, 2.24) is 14.8 Å². The Morgan fingerprint density at radius 1 is 1.47 bits per heavy atom. The average molecular weight is 212 g/mol. The van der Waals surface area contributed by atoms with Crippen molar-refractivity contribution in [3.05, 3.63) is 5.82 Å². The number of rotatable bonds is 4. The molecule has 15 heavy (non-hydrogen) atoms. The molecule has 1 heterocycles. The van der Waals surface area contributed by atoms with Gasteiger partial charge in [0.1, 0.15) is 12.2 Å². The Morgan fingerprint density at radius 2 is 2.07 bits per heavy atom. The minimum atomic E-state index is -0.894. The molecule has 0 unspecified atom stereocenters. The summed E-state index contributed by atoms with van der Waals surface area (Å²) in [6.07, 6.45) is -0.0982. The summed E-state index contributed by atoms with van der Waals surface area (Å²) in [4.78, 5) is 12.4. The van der Waals surface area contributed by atoms with Crippen molar-refractivity contribution < 1.29 is 9.90 Å². The molecule has 1 aromatic heterocycles. The Morgan fingerprint density at radius 3 is 2.47 bits per heavy atom. The zero-order valence-electron chi connectivity index (χ0n) is 9.43. The second kappa shape index (κ2) is 4.29. The van der Waals surface area contributed by atoms with Gasteiger partial charge in [0.2, 0.25) is 5.95 Å². The minimum absolute atomic E-state index is 0.0982. The van der Waals surface area contributed by atoms with Crippen LogP contribution in [0.25, 0.3) is 0 Å². The quantitative estimate of drug-likeness (QED) is 0.789. The molecule has 6 nitrogen and oxygen atoms in total. The number of nitrogens with zero attached hydrogens (tertiary/aromatic N) is 4. The second-order valence-electron chi connectivity index (χ2n) is 3.84. The zero-order valence-corrected chi connectivity index (χ0v) is 9.43. The summed E-state index contributed by atoms with van der Waals surface area (Å²) in [5.41, 5.74) is 0. The summed E-state index contributed by atoms with van der Waals surface area (Å²) in [6.45, 7) is 3.95. The van der Waals surface area contributed by atoms with Crippen molar-refractivity contribution in [1.29, 1.82) is 0 Å². The molecule has 0 aliphatic rings. The number of carboxylic acid groups (broad SMARTS) is 1. The summed E-state index contributed by atoms with van der Waals surface area (Å²) in [7, 11) is 3.71. The smallest absolute Gasteiger partial charge is 0.311 e. The Balaban J connectivity index is 3.12. The average Bonchev–Trinajstić information content (AvgIpc) is 2.46. The van der Waals surface area contributed by atoms with E-state index < -0.39 is 5.97 Å². The van der Waals surface area contributed by atoms with E-state index in [-0.39, 0.29) is 12.5 Å². The van der Waals surface area contributed by atoms with Crippen LogP contribution >= 0.6 is 0 Å². The summed E-state index contributed by atoms with van der Waals surface area (Å²) in [6, 6.07) is 0.145. The highest BCUT2D eigenvalue weighted by Gasteiger charge is 2.17. The standard InChI is InChI=1S/C9H16N4O2/c1-6(2)13-7(5-8(14)15)10-11-9(13)12(3)4/h6H,5H2,1-4H3,(H,14,15). The van der Waals surface area contributed by atoms with E-state index in [2.05, 4.69) is 10.2 Å². The predicted molar refractivity (Wildman–Crippen MR) is 56.1 cm³/mol. The normalized spacial score (nSPS) is 10.7. The number of hydrogen-bond acceptors (Lipinski definition) is 4. The molecular formula is C9H16N4O2. The van der Waals surface area contributed by atoms with Gasteiger partial charge in [-0.25, -0.2) is 0 Å². The Kier molecular flexibility index (Phi) is 3.28. The van der Waals surface area contributed by atoms with Gasteiger partial charge in [0, 0.05) is 20.1 Å². The fourth-order valence-corrected chi connectivity index (χ4v) is 1.40. The van der Waals surface area contributed by atoms with Crippen molar-refractivity contribution in [3.8, 4) is 0 Å². The monoisotopic (exact) mass is 212 g/mol. The van der Waals surface area contributed by atoms with Crippen molar-refractivity contribution in [2.75, 3.05) is 19.0 Å². The number of carboxylic acids is 1. The first-order chi connectivity index (χ1) is 6.93. The zero-order chi connectivity index (χ0) is 11.6. The van der Waals surface area contributed by atoms with Gasteiger partial charge < -0.3 is 10.0 Å². The number of anilines is 1. The molecule has 0 saturated heterocycles. The van der Waals surface area contributed by atoms with Crippen LogP contribution in [-0.4, -0.2) is 39.9 Å². The van der Waals surface area contributed by atoms with Gasteiger partial charge in [-0.2, -0.15) is 0 Å². The maximum atomic E-state index is 10.6. The topological polar surface area (TPSA) is 71.2 Å². The van der Waals surface area contributed by atoms with Crippen LogP contribution in [0.3, 0.4) is 0 Å². The summed E-state index contributed by atoms with van der Waals surface area (Å²) >= 11 is 0. The van der Waals surface area contributed by atoms with Crippen molar-refractivity contribution >= 4 is 11.9 Å². The van der Waals surface area contributed by atoms with E-state index in [4.69, 9.17) is 5.11 Å². The third-order valence-corrected chi connectivity index (χ3v) is 1.97. The van der Waals surface area contributed by atoms with Gasteiger partial charge in [0.05, 0.1) is 0 Å². The van der Waals surface area contributed by atoms with Gasteiger partial charge in [-0.3, -0.25) is 9.36 Å². The molecule has 6 heteroatoms. The largest absolute Gasteiger partial charge is 0.481 e. The lowest BCUT2D eigenvalue weighted by atomic mass is 10.3. The maximum absolute atomic E-state index is 10.6. The van der Waals surface area contributed by atoms with Gasteiger partial charge >= 0.3 is 5.97 Å². The third-order valence-electron chi connectivity index (χ3n) is 1.97. The first kappa shape index (κ1) is 11.5. The lowest BCUT2D eigenvalue weighted by Crippen LogP contribution is -2.19. The molecule has 84 valence electrons. The fraction of sp³-hybridized carbons (Fsp3) is 0.667. The Hall–Kier alpha value is -1.59. The van der Waals surface area contributed by atoms with Crippen molar-refractivity contribution in [2.45, 2.75) is 26.3 Å². The van der Waals surface area contributed by atoms with Crippen molar-refractivity contribution in [2.24, 2.45) is 0 Å². The lowest BCUT2D eigenvalue weighted by molar-refractivity contribution is -0.136. The number of aromatic nitrogens is 3. The maximum Gasteiger partial charge on any atom is 0.311 e. The van der Waals surface area contributed by atoms with E-state index in [1.165, 1.54) is 0 Å². The molecular weight excluding hydrogens is 196 g/mol. The van der Waals surface area contributed by atoms with E-state index in [1.807, 2.05) is 37.4 Å². The molecule has 0 aliphatic carbocycles. The molecule has 0 fully saturated rings. The molecule has 0 spiro atoms. The van der Waals surface area contributed by atoms with Gasteiger partial charge in [0.25, 0.3) is 0 Å². The molecule has 0 aromatic carbocycles. The van der Waals surface area contributed by atoms with Crippen LogP contribution in [0.5, 0.6) is 0 Å². The van der Waals surface area contributed by atoms with Crippen LogP contribution in [0.4, 0.5) is 5.95 Å². The Labute approximate surface area is 88.5 Å². The van der Waals surface area contributed by atoms with Crippen molar-refractivity contribution in [3.63, 3.8) is 0 Å². The number of aliphatic carboxylic acids is 1. The van der Waals surface area contributed by atoms with E-state index in [0.29, 0.717) is 11.8 Å². The highest BCUT2D eigenvalue weighted by Crippen LogP contribution is 2.17. The van der Waals surface area contributed by atoms with Crippen LogP contribution in [0.15, 0.2) is 0 Å². The van der Waals surface area contributed by atoms with Gasteiger partial charge in [-0.1, -0.05) is 0 Å². The molecule has 0 radical (unpaired) electrons. The van der Waals surface area contributed by atoms with Crippen LogP contribution in [-0.2, 0) is 11.2 Å². The molecule has 0 bridgehead atoms. The SMILES string of the molecule is CC(C)n1c(CC(=O)O)nnc1N(C)C. The third kappa shape index (κ3) is 2.45. The Bertz CT molecular complexity index is 357. The predicted octanol–water partition coefficient (Wildman–Crippen LogP) is 0.552. The van der Waals surface area contributed by atoms with Crippen LogP contribution < -0.4 is 4.90 Å². The van der Waals surface area contributed by atoms with Gasteiger partial charge in [0.15, 0.2) is 0 Å². The molecule has 1 rings (SSSR count). The lowest BCUT2D eigenvalue weighted by Gasteiger charge is -2.17. The van der Waals surface area contributed by atoms with E-state index in [9.17, 15) is 4.79 Å². The molecule has 1 N–H and O–H groups in total.